The molecule has 0 radical (unpaired) electrons. The predicted molar refractivity (Wildman–Crippen MR) is 51.1 cm³/mol. The summed E-state index contributed by atoms with van der Waals surface area (Å²) >= 11 is 0. The second-order valence-corrected chi connectivity index (χ2v) is 4.34. The standard InChI is InChI=1S/C10H21NO/c1-8(2)11(6-9(3)12)7-10-4-5-10/h8-10,12H,4-7H2,1-3H3/t9-/m1/s1. The summed E-state index contributed by atoms with van der Waals surface area (Å²) in [5.74, 6) is 0.922. The Morgan fingerprint density at radius 1 is 1.33 bits per heavy atom. The molecule has 0 aromatic heterocycles. The van der Waals surface area contributed by atoms with E-state index in [-0.39, 0.29) is 6.10 Å². The molecule has 0 spiro atoms. The summed E-state index contributed by atoms with van der Waals surface area (Å²) in [7, 11) is 0. The van der Waals surface area contributed by atoms with Crippen LogP contribution < -0.4 is 0 Å². The molecule has 0 saturated heterocycles. The van der Waals surface area contributed by atoms with E-state index in [1.165, 1.54) is 19.4 Å². The monoisotopic (exact) mass is 171 g/mol. The Bertz CT molecular complexity index is 126. The van der Waals surface area contributed by atoms with Crippen molar-refractivity contribution in [3.63, 3.8) is 0 Å². The first-order valence-corrected chi connectivity index (χ1v) is 5.01. The molecule has 1 fully saturated rings. The van der Waals surface area contributed by atoms with Gasteiger partial charge in [0.05, 0.1) is 6.10 Å². The molecule has 0 unspecified atom stereocenters. The number of nitrogens with zero attached hydrogens (tertiary/aromatic N) is 1. The van der Waals surface area contributed by atoms with Gasteiger partial charge < -0.3 is 5.11 Å². The third-order valence-corrected chi connectivity index (χ3v) is 2.42. The topological polar surface area (TPSA) is 23.5 Å². The number of hydrogen-bond acceptors (Lipinski definition) is 2. The fraction of sp³-hybridized carbons (Fsp3) is 1.00. The van der Waals surface area contributed by atoms with Crippen molar-refractivity contribution in [3.8, 4) is 0 Å². The average Bonchev–Trinajstić information content (AvgIpc) is 2.68. The fourth-order valence-corrected chi connectivity index (χ4v) is 1.47. The van der Waals surface area contributed by atoms with Gasteiger partial charge in [0.15, 0.2) is 0 Å². The molecule has 1 aliphatic rings. The van der Waals surface area contributed by atoms with Crippen LogP contribution in [0.2, 0.25) is 0 Å². The summed E-state index contributed by atoms with van der Waals surface area (Å²) in [6, 6.07) is 0.570. The molecule has 0 heterocycles. The first-order valence-electron chi connectivity index (χ1n) is 5.01. The molecule has 0 aromatic rings. The van der Waals surface area contributed by atoms with Crippen LogP contribution in [0.1, 0.15) is 33.6 Å². The van der Waals surface area contributed by atoms with Crippen LogP contribution >= 0.6 is 0 Å². The Hall–Kier alpha value is -0.0800. The van der Waals surface area contributed by atoms with Gasteiger partial charge in [0.2, 0.25) is 0 Å². The highest BCUT2D eigenvalue weighted by Crippen LogP contribution is 2.30. The molecular formula is C10H21NO. The molecule has 1 aliphatic carbocycles. The van der Waals surface area contributed by atoms with E-state index in [9.17, 15) is 5.11 Å². The normalized spacial score (nSPS) is 20.5. The summed E-state index contributed by atoms with van der Waals surface area (Å²) in [5.41, 5.74) is 0. The van der Waals surface area contributed by atoms with E-state index in [0.717, 1.165) is 12.5 Å². The van der Waals surface area contributed by atoms with Crippen molar-refractivity contribution in [1.29, 1.82) is 0 Å². The molecule has 0 aromatic carbocycles. The Kier molecular flexibility index (Phi) is 3.53. The van der Waals surface area contributed by atoms with Crippen molar-refractivity contribution in [2.45, 2.75) is 45.8 Å². The van der Waals surface area contributed by atoms with Crippen LogP contribution in [0.5, 0.6) is 0 Å². The quantitative estimate of drug-likeness (QED) is 0.677. The van der Waals surface area contributed by atoms with Crippen LogP contribution in [0.25, 0.3) is 0 Å². The van der Waals surface area contributed by atoms with Crippen LogP contribution in [-0.2, 0) is 0 Å². The van der Waals surface area contributed by atoms with E-state index in [0.29, 0.717) is 6.04 Å². The van der Waals surface area contributed by atoms with E-state index in [1.807, 2.05) is 6.92 Å². The second kappa shape index (κ2) is 4.24. The Balaban J connectivity index is 2.26. The van der Waals surface area contributed by atoms with Crippen molar-refractivity contribution >= 4 is 0 Å². The third kappa shape index (κ3) is 3.55. The minimum atomic E-state index is -0.189. The second-order valence-electron chi connectivity index (χ2n) is 4.34. The summed E-state index contributed by atoms with van der Waals surface area (Å²) in [5, 5.41) is 9.26. The first kappa shape index (κ1) is 10.0. The van der Waals surface area contributed by atoms with Gasteiger partial charge >= 0.3 is 0 Å². The van der Waals surface area contributed by atoms with Gasteiger partial charge in [-0.3, -0.25) is 4.90 Å². The lowest BCUT2D eigenvalue weighted by Crippen LogP contribution is -2.37. The number of hydrogen-bond donors (Lipinski definition) is 1. The summed E-state index contributed by atoms with van der Waals surface area (Å²) in [4.78, 5) is 2.38. The lowest BCUT2D eigenvalue weighted by atomic mass is 10.2. The molecule has 1 atom stereocenters. The summed E-state index contributed by atoms with van der Waals surface area (Å²) < 4.78 is 0. The number of aliphatic hydroxyl groups is 1. The summed E-state index contributed by atoms with van der Waals surface area (Å²) in [6.07, 6.45) is 2.60. The summed E-state index contributed by atoms with van der Waals surface area (Å²) in [6.45, 7) is 8.27. The molecule has 0 bridgehead atoms. The molecule has 72 valence electrons. The molecule has 1 N–H and O–H groups in total. The van der Waals surface area contributed by atoms with Crippen LogP contribution in [0.3, 0.4) is 0 Å². The number of aliphatic hydroxyl groups excluding tert-OH is 1. The third-order valence-electron chi connectivity index (χ3n) is 2.42. The maximum Gasteiger partial charge on any atom is 0.0639 e. The van der Waals surface area contributed by atoms with E-state index in [1.54, 1.807) is 0 Å². The van der Waals surface area contributed by atoms with Gasteiger partial charge in [-0.05, 0) is 39.5 Å². The SMILES string of the molecule is CC(C)N(CC1CC1)C[C@@H](C)O. The van der Waals surface area contributed by atoms with Crippen molar-refractivity contribution in [3.05, 3.63) is 0 Å². The van der Waals surface area contributed by atoms with Gasteiger partial charge in [0.25, 0.3) is 0 Å². The van der Waals surface area contributed by atoms with Crippen molar-refractivity contribution in [2.24, 2.45) is 5.92 Å². The maximum atomic E-state index is 9.26. The van der Waals surface area contributed by atoms with Crippen molar-refractivity contribution in [2.75, 3.05) is 13.1 Å². The van der Waals surface area contributed by atoms with E-state index in [2.05, 4.69) is 18.7 Å². The smallest absolute Gasteiger partial charge is 0.0639 e. The van der Waals surface area contributed by atoms with Crippen molar-refractivity contribution in [1.82, 2.24) is 4.90 Å². The van der Waals surface area contributed by atoms with Gasteiger partial charge in [-0.1, -0.05) is 0 Å². The average molecular weight is 171 g/mol. The van der Waals surface area contributed by atoms with E-state index >= 15 is 0 Å². The highest BCUT2D eigenvalue weighted by molar-refractivity contribution is 4.79. The molecule has 1 rings (SSSR count). The lowest BCUT2D eigenvalue weighted by molar-refractivity contribution is 0.104. The zero-order valence-electron chi connectivity index (χ0n) is 8.45. The molecule has 0 aliphatic heterocycles. The lowest BCUT2D eigenvalue weighted by Gasteiger charge is -2.27. The molecular weight excluding hydrogens is 150 g/mol. The minimum Gasteiger partial charge on any atom is -0.392 e. The van der Waals surface area contributed by atoms with Gasteiger partial charge in [-0.2, -0.15) is 0 Å². The van der Waals surface area contributed by atoms with E-state index in [4.69, 9.17) is 0 Å². The predicted octanol–water partition coefficient (Wildman–Crippen LogP) is 1.49. The first-order chi connectivity index (χ1) is 5.59. The number of rotatable bonds is 5. The molecule has 2 heteroatoms. The Morgan fingerprint density at radius 2 is 1.92 bits per heavy atom. The van der Waals surface area contributed by atoms with Crippen LogP contribution in [0.15, 0.2) is 0 Å². The van der Waals surface area contributed by atoms with Crippen LogP contribution in [-0.4, -0.2) is 35.2 Å². The Morgan fingerprint density at radius 3 is 2.25 bits per heavy atom. The van der Waals surface area contributed by atoms with Gasteiger partial charge in [-0.25, -0.2) is 0 Å². The van der Waals surface area contributed by atoms with E-state index < -0.39 is 0 Å². The molecule has 12 heavy (non-hydrogen) atoms. The van der Waals surface area contributed by atoms with Gasteiger partial charge in [0.1, 0.15) is 0 Å². The van der Waals surface area contributed by atoms with Crippen LogP contribution in [0.4, 0.5) is 0 Å². The maximum absolute atomic E-state index is 9.26. The molecule has 0 amide bonds. The molecule has 2 nitrogen and oxygen atoms in total. The largest absolute Gasteiger partial charge is 0.392 e. The zero-order chi connectivity index (χ0) is 9.14. The zero-order valence-corrected chi connectivity index (χ0v) is 8.45. The van der Waals surface area contributed by atoms with Gasteiger partial charge in [-0.15, -0.1) is 0 Å². The highest BCUT2D eigenvalue weighted by Gasteiger charge is 2.25. The highest BCUT2D eigenvalue weighted by atomic mass is 16.3. The van der Waals surface area contributed by atoms with Crippen molar-refractivity contribution < 1.29 is 5.11 Å². The molecule has 1 saturated carbocycles. The van der Waals surface area contributed by atoms with Crippen LogP contribution in [0, 0.1) is 5.92 Å². The Labute approximate surface area is 75.6 Å². The minimum absolute atomic E-state index is 0.189. The van der Waals surface area contributed by atoms with Gasteiger partial charge in [0, 0.05) is 19.1 Å². The fourth-order valence-electron chi connectivity index (χ4n) is 1.47.